The van der Waals surface area contributed by atoms with Crippen molar-refractivity contribution in [2.24, 2.45) is 0 Å². The molecule has 0 saturated carbocycles. The van der Waals surface area contributed by atoms with Gasteiger partial charge in [0.2, 0.25) is 0 Å². The van der Waals surface area contributed by atoms with Crippen molar-refractivity contribution in [2.75, 3.05) is 5.32 Å². The minimum atomic E-state index is -0.235. The number of carbonyl (C=O) groups excluding carboxylic acids is 1. The van der Waals surface area contributed by atoms with Crippen LogP contribution in [0.1, 0.15) is 47.1 Å². The summed E-state index contributed by atoms with van der Waals surface area (Å²) in [6, 6.07) is 9.38. The summed E-state index contributed by atoms with van der Waals surface area (Å²) in [5.41, 5.74) is 4.23. The molecule has 0 aliphatic carbocycles. The molecule has 0 aliphatic rings. The number of anilines is 1. The molecule has 20 heavy (non-hydrogen) atoms. The number of carbonyl (C=O) groups is 1. The first kappa shape index (κ1) is 14.2. The summed E-state index contributed by atoms with van der Waals surface area (Å²) in [5, 5.41) is 10.9. The van der Waals surface area contributed by atoms with Crippen LogP contribution in [0.15, 0.2) is 30.3 Å². The smallest absolute Gasteiger partial charge is 0.276 e. The number of hydrogen-bond donors (Lipinski definition) is 1. The van der Waals surface area contributed by atoms with Crippen LogP contribution in [0, 0.1) is 13.8 Å². The number of hydrogen-bond acceptors (Lipinski definition) is 3. The number of benzene rings is 1. The highest BCUT2D eigenvalue weighted by molar-refractivity contribution is 6.03. The number of aryl methyl sites for hydroxylation is 1. The topological polar surface area (TPSA) is 54.9 Å². The SMILES string of the molecule is Cc1cccc(NC(=O)c2ccc(C(C)C)nn2)c1C. The fourth-order valence-electron chi connectivity index (χ4n) is 1.84. The highest BCUT2D eigenvalue weighted by Crippen LogP contribution is 2.18. The molecule has 1 aromatic carbocycles. The van der Waals surface area contributed by atoms with Gasteiger partial charge in [0, 0.05) is 5.69 Å². The van der Waals surface area contributed by atoms with Gasteiger partial charge < -0.3 is 5.32 Å². The lowest BCUT2D eigenvalue weighted by molar-refractivity contribution is 0.102. The number of amides is 1. The highest BCUT2D eigenvalue weighted by Gasteiger charge is 2.11. The first-order valence-corrected chi connectivity index (χ1v) is 6.70. The van der Waals surface area contributed by atoms with Crippen molar-refractivity contribution in [3.05, 3.63) is 52.8 Å². The molecular formula is C16H19N3O. The summed E-state index contributed by atoms with van der Waals surface area (Å²) < 4.78 is 0. The van der Waals surface area contributed by atoms with Crippen LogP contribution >= 0.6 is 0 Å². The van der Waals surface area contributed by atoms with E-state index in [0.29, 0.717) is 11.6 Å². The van der Waals surface area contributed by atoms with Gasteiger partial charge in [-0.2, -0.15) is 5.10 Å². The third-order valence-corrected chi connectivity index (χ3v) is 3.36. The molecule has 4 nitrogen and oxygen atoms in total. The van der Waals surface area contributed by atoms with E-state index >= 15 is 0 Å². The molecule has 4 heteroatoms. The molecule has 0 aliphatic heterocycles. The number of aromatic nitrogens is 2. The van der Waals surface area contributed by atoms with E-state index in [0.717, 1.165) is 22.5 Å². The summed E-state index contributed by atoms with van der Waals surface area (Å²) in [7, 11) is 0. The second-order valence-corrected chi connectivity index (χ2v) is 5.20. The van der Waals surface area contributed by atoms with Gasteiger partial charge in [0.15, 0.2) is 5.69 Å². The van der Waals surface area contributed by atoms with Gasteiger partial charge in [-0.1, -0.05) is 26.0 Å². The van der Waals surface area contributed by atoms with E-state index in [1.165, 1.54) is 0 Å². The van der Waals surface area contributed by atoms with Crippen molar-refractivity contribution in [3.8, 4) is 0 Å². The fraction of sp³-hybridized carbons (Fsp3) is 0.312. The molecule has 2 aromatic rings. The molecule has 0 unspecified atom stereocenters. The first-order valence-electron chi connectivity index (χ1n) is 6.70. The van der Waals surface area contributed by atoms with Crippen LogP contribution in [0.25, 0.3) is 0 Å². The van der Waals surface area contributed by atoms with E-state index in [2.05, 4.69) is 15.5 Å². The van der Waals surface area contributed by atoms with Crippen molar-refractivity contribution in [3.63, 3.8) is 0 Å². The lowest BCUT2D eigenvalue weighted by Gasteiger charge is -2.10. The Morgan fingerprint density at radius 1 is 1.10 bits per heavy atom. The standard InChI is InChI=1S/C16H19N3O/c1-10(2)13-8-9-15(19-18-13)16(20)17-14-7-5-6-11(3)12(14)4/h5-10H,1-4H3,(H,17,20). The van der Waals surface area contributed by atoms with Gasteiger partial charge in [-0.05, 0) is 49.1 Å². The Morgan fingerprint density at radius 3 is 2.45 bits per heavy atom. The van der Waals surface area contributed by atoms with Crippen molar-refractivity contribution in [1.82, 2.24) is 10.2 Å². The van der Waals surface area contributed by atoms with Gasteiger partial charge in [-0.3, -0.25) is 4.79 Å². The van der Waals surface area contributed by atoms with Crippen LogP contribution in [0.5, 0.6) is 0 Å². The Morgan fingerprint density at radius 2 is 1.85 bits per heavy atom. The summed E-state index contributed by atoms with van der Waals surface area (Å²) in [5.74, 6) is 0.0696. The lowest BCUT2D eigenvalue weighted by Crippen LogP contribution is -2.15. The summed E-state index contributed by atoms with van der Waals surface area (Å²) in [6.07, 6.45) is 0. The number of nitrogens with zero attached hydrogens (tertiary/aromatic N) is 2. The maximum atomic E-state index is 12.1. The second kappa shape index (κ2) is 5.82. The fourth-order valence-corrected chi connectivity index (χ4v) is 1.84. The van der Waals surface area contributed by atoms with Crippen molar-refractivity contribution in [1.29, 1.82) is 0 Å². The van der Waals surface area contributed by atoms with Crippen LogP contribution in [0.4, 0.5) is 5.69 Å². The Hall–Kier alpha value is -2.23. The maximum absolute atomic E-state index is 12.1. The third kappa shape index (κ3) is 3.02. The third-order valence-electron chi connectivity index (χ3n) is 3.36. The zero-order valence-electron chi connectivity index (χ0n) is 12.3. The summed E-state index contributed by atoms with van der Waals surface area (Å²) >= 11 is 0. The number of nitrogens with one attached hydrogen (secondary N) is 1. The minimum absolute atomic E-state index is 0.235. The molecule has 0 atom stereocenters. The zero-order chi connectivity index (χ0) is 14.7. The lowest BCUT2D eigenvalue weighted by atomic mass is 10.1. The van der Waals surface area contributed by atoms with Crippen molar-refractivity contribution < 1.29 is 4.79 Å². The van der Waals surface area contributed by atoms with Gasteiger partial charge in [-0.25, -0.2) is 0 Å². The van der Waals surface area contributed by atoms with Crippen LogP contribution in [-0.2, 0) is 0 Å². The van der Waals surface area contributed by atoms with E-state index in [9.17, 15) is 4.79 Å². The first-order chi connectivity index (χ1) is 9.49. The normalized spacial score (nSPS) is 10.7. The average Bonchev–Trinajstić information content (AvgIpc) is 2.44. The maximum Gasteiger partial charge on any atom is 0.276 e. The van der Waals surface area contributed by atoms with E-state index < -0.39 is 0 Å². The van der Waals surface area contributed by atoms with Crippen LogP contribution in [0.3, 0.4) is 0 Å². The molecule has 0 fully saturated rings. The van der Waals surface area contributed by atoms with E-state index in [4.69, 9.17) is 0 Å². The molecule has 1 heterocycles. The van der Waals surface area contributed by atoms with Crippen LogP contribution < -0.4 is 5.32 Å². The van der Waals surface area contributed by atoms with Crippen molar-refractivity contribution >= 4 is 11.6 Å². The Bertz CT molecular complexity index is 618. The highest BCUT2D eigenvalue weighted by atomic mass is 16.1. The molecule has 1 N–H and O–H groups in total. The molecule has 1 aromatic heterocycles. The van der Waals surface area contributed by atoms with Crippen molar-refractivity contribution in [2.45, 2.75) is 33.6 Å². The monoisotopic (exact) mass is 269 g/mol. The van der Waals surface area contributed by atoms with E-state index in [1.807, 2.05) is 52.0 Å². The van der Waals surface area contributed by atoms with E-state index in [-0.39, 0.29) is 5.91 Å². The average molecular weight is 269 g/mol. The second-order valence-electron chi connectivity index (χ2n) is 5.20. The Labute approximate surface area is 119 Å². The largest absolute Gasteiger partial charge is 0.320 e. The van der Waals surface area contributed by atoms with E-state index in [1.54, 1.807) is 6.07 Å². The molecule has 0 spiro atoms. The molecular weight excluding hydrogens is 250 g/mol. The molecule has 0 radical (unpaired) electrons. The minimum Gasteiger partial charge on any atom is -0.320 e. The van der Waals surface area contributed by atoms with Gasteiger partial charge in [0.25, 0.3) is 5.91 Å². The van der Waals surface area contributed by atoms with Crippen LogP contribution in [0.2, 0.25) is 0 Å². The van der Waals surface area contributed by atoms with Gasteiger partial charge in [0.05, 0.1) is 5.69 Å². The summed E-state index contributed by atoms with van der Waals surface area (Å²) in [4.78, 5) is 12.1. The Kier molecular flexibility index (Phi) is 4.13. The molecule has 0 saturated heterocycles. The number of rotatable bonds is 3. The molecule has 1 amide bonds. The van der Waals surface area contributed by atoms with Gasteiger partial charge in [-0.15, -0.1) is 5.10 Å². The zero-order valence-corrected chi connectivity index (χ0v) is 12.3. The summed E-state index contributed by atoms with van der Waals surface area (Å²) in [6.45, 7) is 8.08. The van der Waals surface area contributed by atoms with Crippen LogP contribution in [-0.4, -0.2) is 16.1 Å². The quantitative estimate of drug-likeness (QED) is 0.928. The van der Waals surface area contributed by atoms with Gasteiger partial charge in [0.1, 0.15) is 0 Å². The van der Waals surface area contributed by atoms with Gasteiger partial charge >= 0.3 is 0 Å². The molecule has 0 bridgehead atoms. The predicted molar refractivity (Wildman–Crippen MR) is 80.0 cm³/mol. The Balaban J connectivity index is 2.18. The molecule has 2 rings (SSSR count). The predicted octanol–water partition coefficient (Wildman–Crippen LogP) is 3.47. The molecule has 104 valence electrons.